The highest BCUT2D eigenvalue weighted by Crippen LogP contribution is 2.34. The van der Waals surface area contributed by atoms with Crippen LogP contribution < -0.4 is 9.47 Å². The van der Waals surface area contributed by atoms with Crippen LogP contribution in [0.15, 0.2) is 77.8 Å². The number of ketones is 1. The Morgan fingerprint density at radius 1 is 0.947 bits per heavy atom. The minimum Gasteiger partial charge on any atom is -0.454 e. The molecule has 0 saturated heterocycles. The standard InChI is InChI=1S/C30H24FN3O3S/c1-18-13-25(19(2)34(18)15-20-7-12-27-28(14-20)37-17-36-27)26(35)16-38-30-24-6-4-3-5-23(24)29(32-33-30)21-8-10-22(31)11-9-21/h3-14H,15-17H2,1-2H3. The lowest BCUT2D eigenvalue weighted by atomic mass is 10.1. The molecule has 6 rings (SSSR count). The number of benzene rings is 3. The van der Waals surface area contributed by atoms with Crippen LogP contribution in [0.4, 0.5) is 4.39 Å². The van der Waals surface area contributed by atoms with Crippen molar-refractivity contribution < 1.29 is 18.7 Å². The molecule has 38 heavy (non-hydrogen) atoms. The first kappa shape index (κ1) is 24.2. The van der Waals surface area contributed by atoms with Gasteiger partial charge in [-0.3, -0.25) is 4.79 Å². The average molecular weight is 526 g/mol. The molecule has 0 radical (unpaired) electrons. The first-order chi connectivity index (χ1) is 18.5. The normalized spacial score (nSPS) is 12.3. The fourth-order valence-electron chi connectivity index (χ4n) is 4.77. The predicted molar refractivity (Wildman–Crippen MR) is 146 cm³/mol. The fraction of sp³-hybridized carbons (Fsp3) is 0.167. The van der Waals surface area contributed by atoms with E-state index in [2.05, 4.69) is 14.8 Å². The molecule has 0 fully saturated rings. The van der Waals surface area contributed by atoms with Gasteiger partial charge in [-0.25, -0.2) is 4.39 Å². The molecule has 0 bridgehead atoms. The van der Waals surface area contributed by atoms with E-state index in [0.717, 1.165) is 44.8 Å². The summed E-state index contributed by atoms with van der Waals surface area (Å²) in [6, 6.07) is 21.9. The van der Waals surface area contributed by atoms with Gasteiger partial charge in [0, 0.05) is 39.8 Å². The molecule has 0 unspecified atom stereocenters. The molecule has 8 heteroatoms. The van der Waals surface area contributed by atoms with E-state index < -0.39 is 0 Å². The van der Waals surface area contributed by atoms with Crippen LogP contribution in [0.25, 0.3) is 22.0 Å². The predicted octanol–water partition coefficient (Wildman–Crippen LogP) is 6.61. The Labute approximate surface area is 223 Å². The van der Waals surface area contributed by atoms with E-state index in [0.29, 0.717) is 22.8 Å². The molecule has 3 aromatic carbocycles. The van der Waals surface area contributed by atoms with Crippen LogP contribution in [0.5, 0.6) is 11.5 Å². The number of ether oxygens (including phenoxy) is 2. The number of hydrogen-bond acceptors (Lipinski definition) is 6. The number of halogens is 1. The van der Waals surface area contributed by atoms with Crippen molar-refractivity contribution in [1.29, 1.82) is 0 Å². The molecule has 0 saturated carbocycles. The number of carbonyl (C=O) groups excluding carboxylic acids is 1. The van der Waals surface area contributed by atoms with Crippen LogP contribution in [-0.2, 0) is 6.54 Å². The third kappa shape index (κ3) is 4.52. The Morgan fingerprint density at radius 2 is 1.71 bits per heavy atom. The van der Waals surface area contributed by atoms with Crippen LogP contribution in [0.2, 0.25) is 0 Å². The number of Topliss-reactive ketones (excluding diaryl/α,β-unsaturated/α-hetero) is 1. The maximum atomic E-state index is 13.4. The molecule has 0 spiro atoms. The highest BCUT2D eigenvalue weighted by molar-refractivity contribution is 8.00. The number of nitrogens with zero attached hydrogens (tertiary/aromatic N) is 3. The molecule has 6 nitrogen and oxygen atoms in total. The van der Waals surface area contributed by atoms with Gasteiger partial charge in [0.1, 0.15) is 16.5 Å². The smallest absolute Gasteiger partial charge is 0.231 e. The first-order valence-electron chi connectivity index (χ1n) is 12.2. The Hall–Kier alpha value is -4.17. The van der Waals surface area contributed by atoms with Crippen molar-refractivity contribution in [2.75, 3.05) is 12.5 Å². The summed E-state index contributed by atoms with van der Waals surface area (Å²) in [7, 11) is 0. The monoisotopic (exact) mass is 525 g/mol. The second kappa shape index (κ2) is 9.95. The maximum Gasteiger partial charge on any atom is 0.231 e. The van der Waals surface area contributed by atoms with Gasteiger partial charge in [-0.2, -0.15) is 0 Å². The molecule has 190 valence electrons. The van der Waals surface area contributed by atoms with E-state index in [-0.39, 0.29) is 24.1 Å². The van der Waals surface area contributed by atoms with E-state index >= 15 is 0 Å². The third-order valence-corrected chi connectivity index (χ3v) is 7.74. The average Bonchev–Trinajstić information content (AvgIpc) is 3.51. The van der Waals surface area contributed by atoms with Gasteiger partial charge in [0.2, 0.25) is 6.79 Å². The van der Waals surface area contributed by atoms with Gasteiger partial charge in [-0.15, -0.1) is 10.2 Å². The summed E-state index contributed by atoms with van der Waals surface area (Å²) in [5, 5.41) is 11.4. The molecule has 5 aromatic rings. The van der Waals surface area contributed by atoms with Crippen molar-refractivity contribution in [3.63, 3.8) is 0 Å². The zero-order valence-corrected chi connectivity index (χ0v) is 21.7. The summed E-state index contributed by atoms with van der Waals surface area (Å²) in [6.45, 7) is 4.86. The number of rotatable bonds is 7. The minimum atomic E-state index is -0.299. The zero-order valence-electron chi connectivity index (χ0n) is 20.9. The van der Waals surface area contributed by atoms with Gasteiger partial charge in [-0.05, 0) is 61.9 Å². The molecule has 0 atom stereocenters. The molecule has 0 amide bonds. The Morgan fingerprint density at radius 3 is 2.53 bits per heavy atom. The topological polar surface area (TPSA) is 66.2 Å². The van der Waals surface area contributed by atoms with Gasteiger partial charge < -0.3 is 14.0 Å². The van der Waals surface area contributed by atoms with E-state index in [1.807, 2.05) is 62.4 Å². The van der Waals surface area contributed by atoms with Crippen LogP contribution in [0.1, 0.15) is 27.3 Å². The quantitative estimate of drug-likeness (QED) is 0.176. The number of aromatic nitrogens is 3. The van der Waals surface area contributed by atoms with Crippen molar-refractivity contribution in [1.82, 2.24) is 14.8 Å². The maximum absolute atomic E-state index is 13.4. The van der Waals surface area contributed by atoms with Crippen molar-refractivity contribution >= 4 is 28.3 Å². The summed E-state index contributed by atoms with van der Waals surface area (Å²) in [5.41, 5.74) is 5.19. The molecule has 1 aliphatic heterocycles. The van der Waals surface area contributed by atoms with Crippen LogP contribution in [0, 0.1) is 19.7 Å². The number of aryl methyl sites for hydroxylation is 1. The number of hydrogen-bond donors (Lipinski definition) is 0. The molecule has 3 heterocycles. The van der Waals surface area contributed by atoms with E-state index in [9.17, 15) is 9.18 Å². The summed E-state index contributed by atoms with van der Waals surface area (Å²) in [5.74, 6) is 1.48. The van der Waals surface area contributed by atoms with Gasteiger partial charge in [0.25, 0.3) is 0 Å². The molecule has 1 aliphatic rings. The third-order valence-electron chi connectivity index (χ3n) is 6.76. The molecule has 2 aromatic heterocycles. The molecular weight excluding hydrogens is 501 g/mol. The van der Waals surface area contributed by atoms with Crippen LogP contribution in [0.3, 0.4) is 0 Å². The van der Waals surface area contributed by atoms with E-state index in [1.165, 1.54) is 23.9 Å². The Balaban J connectivity index is 1.22. The second-order valence-corrected chi connectivity index (χ2v) is 10.1. The van der Waals surface area contributed by atoms with Crippen molar-refractivity contribution in [3.8, 4) is 22.8 Å². The van der Waals surface area contributed by atoms with Crippen LogP contribution >= 0.6 is 11.8 Å². The number of thioether (sulfide) groups is 1. The van der Waals surface area contributed by atoms with E-state index in [1.54, 1.807) is 12.1 Å². The summed E-state index contributed by atoms with van der Waals surface area (Å²) >= 11 is 1.38. The molecular formula is C30H24FN3O3S. The largest absolute Gasteiger partial charge is 0.454 e. The lowest BCUT2D eigenvalue weighted by Crippen LogP contribution is -2.08. The lowest BCUT2D eigenvalue weighted by Gasteiger charge is -2.11. The van der Waals surface area contributed by atoms with E-state index in [4.69, 9.17) is 9.47 Å². The summed E-state index contributed by atoms with van der Waals surface area (Å²) < 4.78 is 26.5. The highest BCUT2D eigenvalue weighted by atomic mass is 32.2. The highest BCUT2D eigenvalue weighted by Gasteiger charge is 2.19. The molecule has 0 N–H and O–H groups in total. The zero-order chi connectivity index (χ0) is 26.2. The summed E-state index contributed by atoms with van der Waals surface area (Å²) in [4.78, 5) is 13.3. The van der Waals surface area contributed by atoms with Gasteiger partial charge >= 0.3 is 0 Å². The SMILES string of the molecule is Cc1cc(C(=O)CSc2nnc(-c3ccc(F)cc3)c3ccccc23)c(C)n1Cc1ccc2c(c1)OCO2. The van der Waals surface area contributed by atoms with Crippen molar-refractivity contribution in [2.24, 2.45) is 0 Å². The van der Waals surface area contributed by atoms with Gasteiger partial charge in [0.05, 0.1) is 5.75 Å². The summed E-state index contributed by atoms with van der Waals surface area (Å²) in [6.07, 6.45) is 0. The number of carbonyl (C=O) groups is 1. The second-order valence-electron chi connectivity index (χ2n) is 9.18. The lowest BCUT2D eigenvalue weighted by molar-refractivity contribution is 0.102. The Bertz CT molecular complexity index is 1680. The van der Waals surface area contributed by atoms with Crippen molar-refractivity contribution in [2.45, 2.75) is 25.4 Å². The minimum absolute atomic E-state index is 0.0357. The fourth-order valence-corrected chi connectivity index (χ4v) is 5.62. The van der Waals surface area contributed by atoms with Gasteiger partial charge in [0.15, 0.2) is 17.3 Å². The van der Waals surface area contributed by atoms with Crippen molar-refractivity contribution in [3.05, 3.63) is 101 Å². The van der Waals surface area contributed by atoms with Crippen LogP contribution in [-0.4, -0.2) is 33.1 Å². The first-order valence-corrected chi connectivity index (χ1v) is 13.2. The van der Waals surface area contributed by atoms with Gasteiger partial charge in [-0.1, -0.05) is 42.1 Å². The Kier molecular flexibility index (Phi) is 6.33. The number of fused-ring (bicyclic) bond motifs is 2. The molecule has 0 aliphatic carbocycles.